The summed E-state index contributed by atoms with van der Waals surface area (Å²) < 4.78 is 30.7. The normalized spacial score (nSPS) is 11.3. The van der Waals surface area contributed by atoms with Crippen molar-refractivity contribution in [1.29, 1.82) is 0 Å². The van der Waals surface area contributed by atoms with Gasteiger partial charge in [-0.1, -0.05) is 5.92 Å². The molecule has 2 N–H and O–H groups in total. The van der Waals surface area contributed by atoms with Crippen molar-refractivity contribution < 1.29 is 13.2 Å². The van der Waals surface area contributed by atoms with E-state index in [0.29, 0.717) is 5.69 Å². The van der Waals surface area contributed by atoms with E-state index in [4.69, 9.17) is 16.9 Å². The van der Waals surface area contributed by atoms with Gasteiger partial charge in [-0.25, -0.2) is 8.42 Å². The highest BCUT2D eigenvalue weighted by Crippen LogP contribution is 2.30. The second-order valence-corrected chi connectivity index (χ2v) is 5.84. The van der Waals surface area contributed by atoms with Gasteiger partial charge in [0.25, 0.3) is 0 Å². The number of hydrogen-bond acceptors (Lipinski definition) is 4. The molecule has 1 aromatic rings. The molecule has 1 aromatic carbocycles. The molecule has 98 valence electrons. The molecular formula is C12H16N2O3S. The third kappa shape index (κ3) is 2.58. The Bertz CT molecular complexity index is 588. The summed E-state index contributed by atoms with van der Waals surface area (Å²) in [5.41, 5.74) is 6.88. The van der Waals surface area contributed by atoms with E-state index in [1.165, 1.54) is 20.2 Å². The zero-order valence-corrected chi connectivity index (χ0v) is 11.4. The first-order valence-corrected chi connectivity index (χ1v) is 6.62. The van der Waals surface area contributed by atoms with E-state index in [9.17, 15) is 8.42 Å². The van der Waals surface area contributed by atoms with Crippen LogP contribution in [0.4, 0.5) is 5.69 Å². The first-order chi connectivity index (χ1) is 8.34. The van der Waals surface area contributed by atoms with E-state index in [-0.39, 0.29) is 17.2 Å². The number of rotatable bonds is 4. The summed E-state index contributed by atoms with van der Waals surface area (Å²) in [7, 11) is -0.882. The molecule has 18 heavy (non-hydrogen) atoms. The van der Waals surface area contributed by atoms with Crippen LogP contribution in [0.2, 0.25) is 0 Å². The molecule has 0 amide bonds. The van der Waals surface area contributed by atoms with Crippen molar-refractivity contribution in [2.24, 2.45) is 0 Å². The van der Waals surface area contributed by atoms with E-state index in [1.54, 1.807) is 13.0 Å². The van der Waals surface area contributed by atoms with Crippen LogP contribution >= 0.6 is 0 Å². The Morgan fingerprint density at radius 2 is 2.11 bits per heavy atom. The van der Waals surface area contributed by atoms with Gasteiger partial charge in [-0.05, 0) is 24.6 Å². The topological polar surface area (TPSA) is 72.6 Å². The summed E-state index contributed by atoms with van der Waals surface area (Å²) in [5, 5.41) is 0. The molecule has 0 spiro atoms. The Morgan fingerprint density at radius 3 is 2.61 bits per heavy atom. The predicted octanol–water partition coefficient (Wildman–Crippen LogP) is 0.840. The van der Waals surface area contributed by atoms with E-state index < -0.39 is 10.0 Å². The van der Waals surface area contributed by atoms with Crippen LogP contribution in [0.1, 0.15) is 5.56 Å². The third-order valence-corrected chi connectivity index (χ3v) is 4.38. The van der Waals surface area contributed by atoms with Crippen LogP contribution in [0.25, 0.3) is 0 Å². The average molecular weight is 268 g/mol. The molecule has 5 nitrogen and oxygen atoms in total. The summed E-state index contributed by atoms with van der Waals surface area (Å²) in [6.07, 6.45) is 5.12. The number of methoxy groups -OCH3 is 1. The summed E-state index contributed by atoms with van der Waals surface area (Å²) in [6.45, 7) is 1.76. The van der Waals surface area contributed by atoms with Gasteiger partial charge in [0.2, 0.25) is 10.0 Å². The van der Waals surface area contributed by atoms with Crippen molar-refractivity contribution in [1.82, 2.24) is 4.31 Å². The lowest BCUT2D eigenvalue weighted by Gasteiger charge is -2.17. The standard InChI is InChI=1S/C12H16N2O3S/c1-5-6-14(3)18(15,16)12-8-10(13)9(2)7-11(12)17-4/h1,7-8H,6,13H2,2-4H3. The van der Waals surface area contributed by atoms with E-state index >= 15 is 0 Å². The van der Waals surface area contributed by atoms with E-state index in [1.807, 2.05) is 0 Å². The van der Waals surface area contributed by atoms with Gasteiger partial charge in [0.15, 0.2) is 0 Å². The maximum atomic E-state index is 12.3. The van der Waals surface area contributed by atoms with Crippen molar-refractivity contribution in [3.63, 3.8) is 0 Å². The van der Waals surface area contributed by atoms with E-state index in [2.05, 4.69) is 5.92 Å². The summed E-state index contributed by atoms with van der Waals surface area (Å²) in [4.78, 5) is 0.0193. The largest absolute Gasteiger partial charge is 0.495 e. The second-order valence-electron chi connectivity index (χ2n) is 3.82. The fourth-order valence-electron chi connectivity index (χ4n) is 1.42. The molecule has 0 unspecified atom stereocenters. The molecule has 0 bridgehead atoms. The Hall–Kier alpha value is -1.71. The highest BCUT2D eigenvalue weighted by atomic mass is 32.2. The maximum Gasteiger partial charge on any atom is 0.247 e. The highest BCUT2D eigenvalue weighted by molar-refractivity contribution is 7.89. The first-order valence-electron chi connectivity index (χ1n) is 5.18. The molecule has 1 rings (SSSR count). The van der Waals surface area contributed by atoms with Gasteiger partial charge in [-0.15, -0.1) is 6.42 Å². The van der Waals surface area contributed by atoms with Crippen LogP contribution in [0.3, 0.4) is 0 Å². The van der Waals surface area contributed by atoms with E-state index in [0.717, 1.165) is 9.87 Å². The van der Waals surface area contributed by atoms with Gasteiger partial charge in [-0.2, -0.15) is 4.31 Å². The summed E-state index contributed by atoms with van der Waals surface area (Å²) in [5.74, 6) is 2.54. The molecule has 0 fully saturated rings. The average Bonchev–Trinajstić information content (AvgIpc) is 2.32. The molecule has 0 radical (unpaired) electrons. The minimum atomic E-state index is -3.70. The number of terminal acetylenes is 1. The molecule has 0 saturated carbocycles. The lowest BCUT2D eigenvalue weighted by molar-refractivity contribution is 0.399. The fourth-order valence-corrected chi connectivity index (χ4v) is 2.67. The van der Waals surface area contributed by atoms with Crippen LogP contribution in [0.15, 0.2) is 17.0 Å². The second kappa shape index (κ2) is 5.29. The zero-order valence-electron chi connectivity index (χ0n) is 10.6. The van der Waals surface area contributed by atoms with Crippen LogP contribution < -0.4 is 10.5 Å². The molecular weight excluding hydrogens is 252 g/mol. The lowest BCUT2D eigenvalue weighted by Crippen LogP contribution is -2.27. The van der Waals surface area contributed by atoms with Crippen molar-refractivity contribution in [2.75, 3.05) is 26.4 Å². The number of nitrogens with two attached hydrogens (primary N) is 1. The first kappa shape index (κ1) is 14.4. The molecule has 0 aliphatic rings. The number of benzene rings is 1. The fraction of sp³-hybridized carbons (Fsp3) is 0.333. The number of ether oxygens (including phenoxy) is 1. The monoisotopic (exact) mass is 268 g/mol. The van der Waals surface area contributed by atoms with Gasteiger partial charge in [0.1, 0.15) is 10.6 Å². The van der Waals surface area contributed by atoms with Crippen LogP contribution in [0.5, 0.6) is 5.75 Å². The predicted molar refractivity (Wildman–Crippen MR) is 70.8 cm³/mol. The molecule has 0 saturated heterocycles. The minimum Gasteiger partial charge on any atom is -0.495 e. The van der Waals surface area contributed by atoms with Gasteiger partial charge < -0.3 is 10.5 Å². The van der Waals surface area contributed by atoms with Gasteiger partial charge in [0, 0.05) is 12.7 Å². The van der Waals surface area contributed by atoms with Crippen molar-refractivity contribution in [3.8, 4) is 18.1 Å². The van der Waals surface area contributed by atoms with Crippen molar-refractivity contribution >= 4 is 15.7 Å². The molecule has 0 aliphatic heterocycles. The van der Waals surface area contributed by atoms with Crippen molar-refractivity contribution in [3.05, 3.63) is 17.7 Å². The number of sulfonamides is 1. The minimum absolute atomic E-state index is 0.0146. The van der Waals surface area contributed by atoms with Gasteiger partial charge >= 0.3 is 0 Å². The van der Waals surface area contributed by atoms with Crippen LogP contribution in [-0.2, 0) is 10.0 Å². The molecule has 0 aromatic heterocycles. The third-order valence-electron chi connectivity index (χ3n) is 2.55. The smallest absolute Gasteiger partial charge is 0.247 e. The molecule has 0 atom stereocenters. The number of nitrogen functional groups attached to an aromatic ring is 1. The lowest BCUT2D eigenvalue weighted by atomic mass is 10.2. The quantitative estimate of drug-likeness (QED) is 0.649. The van der Waals surface area contributed by atoms with Gasteiger partial charge in [-0.3, -0.25) is 0 Å². The zero-order chi connectivity index (χ0) is 13.9. The van der Waals surface area contributed by atoms with Crippen LogP contribution in [-0.4, -0.2) is 33.4 Å². The highest BCUT2D eigenvalue weighted by Gasteiger charge is 2.25. The van der Waals surface area contributed by atoms with Gasteiger partial charge in [0.05, 0.1) is 13.7 Å². The molecule has 0 aliphatic carbocycles. The van der Waals surface area contributed by atoms with Crippen LogP contribution in [0, 0.1) is 19.3 Å². The summed E-state index contributed by atoms with van der Waals surface area (Å²) >= 11 is 0. The number of nitrogens with zero attached hydrogens (tertiary/aromatic N) is 1. The number of hydrogen-bond donors (Lipinski definition) is 1. The van der Waals surface area contributed by atoms with Crippen molar-refractivity contribution in [2.45, 2.75) is 11.8 Å². The Kier molecular flexibility index (Phi) is 4.22. The number of anilines is 1. The molecule has 0 heterocycles. The number of aryl methyl sites for hydroxylation is 1. The molecule has 6 heteroatoms. The Labute approximate surface area is 108 Å². The maximum absolute atomic E-state index is 12.3. The summed E-state index contributed by atoms with van der Waals surface area (Å²) in [6, 6.07) is 2.97. The Morgan fingerprint density at radius 1 is 1.50 bits per heavy atom. The SMILES string of the molecule is C#CCN(C)S(=O)(=O)c1cc(N)c(C)cc1OC. The Balaban J connectivity index is 3.41.